The summed E-state index contributed by atoms with van der Waals surface area (Å²) in [6, 6.07) is 7.58. The molecule has 1 aromatic rings. The lowest BCUT2D eigenvalue weighted by Crippen LogP contribution is -2.51. The third kappa shape index (κ3) is 2.31. The summed E-state index contributed by atoms with van der Waals surface area (Å²) in [5, 5.41) is 8.91. The lowest BCUT2D eigenvalue weighted by Gasteiger charge is -2.36. The molecule has 0 aromatic heterocycles. The van der Waals surface area contributed by atoms with Gasteiger partial charge in [-0.3, -0.25) is 4.90 Å². The van der Waals surface area contributed by atoms with Crippen LogP contribution in [-0.2, 0) is 0 Å². The second-order valence-corrected chi connectivity index (χ2v) is 4.63. The van der Waals surface area contributed by atoms with Crippen molar-refractivity contribution in [2.24, 2.45) is 0 Å². The van der Waals surface area contributed by atoms with Gasteiger partial charge < -0.3 is 4.74 Å². The molecule has 3 nitrogen and oxygen atoms in total. The van der Waals surface area contributed by atoms with Gasteiger partial charge in [0.25, 0.3) is 0 Å². The zero-order valence-electron chi connectivity index (χ0n) is 8.40. The molecule has 2 rings (SSSR count). The maximum Gasteiger partial charge on any atom is 0.138 e. The lowest BCUT2D eigenvalue weighted by molar-refractivity contribution is 0.0386. The number of likely N-dealkylation sites (tertiary alicyclic amines) is 1. The van der Waals surface area contributed by atoms with Crippen molar-refractivity contribution in [1.29, 1.82) is 5.26 Å². The van der Waals surface area contributed by atoms with Gasteiger partial charge in [-0.1, -0.05) is 15.9 Å². The van der Waals surface area contributed by atoms with Crippen LogP contribution in [0.25, 0.3) is 0 Å². The van der Waals surface area contributed by atoms with Crippen LogP contribution in [0.2, 0.25) is 0 Å². The van der Waals surface area contributed by atoms with Gasteiger partial charge in [-0.2, -0.15) is 5.26 Å². The number of hydrogen-bond acceptors (Lipinski definition) is 3. The highest BCUT2D eigenvalue weighted by Gasteiger charge is 2.25. The van der Waals surface area contributed by atoms with E-state index in [2.05, 4.69) is 26.9 Å². The molecule has 0 amide bonds. The van der Waals surface area contributed by atoms with Gasteiger partial charge in [-0.15, -0.1) is 0 Å². The Morgan fingerprint density at radius 3 is 2.87 bits per heavy atom. The first-order chi connectivity index (χ1) is 7.19. The Morgan fingerprint density at radius 1 is 1.53 bits per heavy atom. The molecular weight excluding hydrogens is 256 g/mol. The van der Waals surface area contributed by atoms with Crippen LogP contribution in [0.1, 0.15) is 5.56 Å². The Bertz CT molecular complexity index is 408. The molecule has 78 valence electrons. The van der Waals surface area contributed by atoms with Crippen molar-refractivity contribution in [1.82, 2.24) is 4.90 Å². The molecular formula is C11H11BrN2O. The molecule has 0 radical (unpaired) electrons. The number of rotatable bonds is 2. The molecule has 1 aliphatic heterocycles. The third-order valence-corrected chi connectivity index (χ3v) is 2.88. The highest BCUT2D eigenvalue weighted by molar-refractivity contribution is 9.10. The summed E-state index contributed by atoms with van der Waals surface area (Å²) in [5.74, 6) is 0.671. The van der Waals surface area contributed by atoms with Gasteiger partial charge in [-0.05, 0) is 25.2 Å². The summed E-state index contributed by atoms with van der Waals surface area (Å²) in [7, 11) is 2.05. The normalized spacial score (nSPS) is 16.9. The second kappa shape index (κ2) is 4.21. The summed E-state index contributed by atoms with van der Waals surface area (Å²) < 4.78 is 6.66. The molecule has 15 heavy (non-hydrogen) atoms. The molecule has 0 unspecified atom stereocenters. The first-order valence-corrected chi connectivity index (χ1v) is 5.53. The number of hydrogen-bond donors (Lipinski definition) is 0. The van der Waals surface area contributed by atoms with Crippen molar-refractivity contribution in [2.75, 3.05) is 20.1 Å². The summed E-state index contributed by atoms with van der Waals surface area (Å²) in [6.45, 7) is 1.86. The molecule has 1 aromatic carbocycles. The fourth-order valence-electron chi connectivity index (χ4n) is 1.58. The highest BCUT2D eigenvalue weighted by atomic mass is 79.9. The quantitative estimate of drug-likeness (QED) is 0.822. The minimum Gasteiger partial charge on any atom is -0.486 e. The number of ether oxygens (including phenoxy) is 1. The molecule has 1 fully saturated rings. The molecule has 1 heterocycles. The molecule has 1 aliphatic rings. The van der Waals surface area contributed by atoms with Crippen LogP contribution in [0.15, 0.2) is 22.7 Å². The van der Waals surface area contributed by atoms with Crippen molar-refractivity contribution in [3.05, 3.63) is 28.2 Å². The predicted molar refractivity (Wildman–Crippen MR) is 60.8 cm³/mol. The summed E-state index contributed by atoms with van der Waals surface area (Å²) >= 11 is 3.37. The van der Waals surface area contributed by atoms with Gasteiger partial charge in [0.15, 0.2) is 0 Å². The van der Waals surface area contributed by atoms with E-state index in [1.807, 2.05) is 19.2 Å². The first-order valence-electron chi connectivity index (χ1n) is 4.74. The molecule has 4 heteroatoms. The predicted octanol–water partition coefficient (Wildman–Crippen LogP) is 2.01. The van der Waals surface area contributed by atoms with Crippen LogP contribution in [-0.4, -0.2) is 31.1 Å². The van der Waals surface area contributed by atoms with Crippen LogP contribution in [0, 0.1) is 11.3 Å². The van der Waals surface area contributed by atoms with Gasteiger partial charge in [0, 0.05) is 17.6 Å². The van der Waals surface area contributed by atoms with Gasteiger partial charge >= 0.3 is 0 Å². The zero-order chi connectivity index (χ0) is 10.8. The van der Waals surface area contributed by atoms with Crippen molar-refractivity contribution in [3.63, 3.8) is 0 Å². The van der Waals surface area contributed by atoms with E-state index in [1.54, 1.807) is 6.07 Å². The highest BCUT2D eigenvalue weighted by Crippen LogP contribution is 2.25. The SMILES string of the molecule is CN1CC(Oc2cc(Br)ccc2C#N)C1. The first kappa shape index (κ1) is 10.5. The number of nitriles is 1. The zero-order valence-corrected chi connectivity index (χ0v) is 9.99. The van der Waals surface area contributed by atoms with E-state index in [0.29, 0.717) is 11.3 Å². The minimum atomic E-state index is 0.219. The Hall–Kier alpha value is -1.05. The Labute approximate surface area is 97.4 Å². The average molecular weight is 267 g/mol. The summed E-state index contributed by atoms with van der Waals surface area (Å²) in [4.78, 5) is 2.18. The largest absolute Gasteiger partial charge is 0.486 e. The topological polar surface area (TPSA) is 36.3 Å². The number of halogens is 1. The van der Waals surface area contributed by atoms with E-state index < -0.39 is 0 Å². The van der Waals surface area contributed by atoms with Crippen LogP contribution in [0.4, 0.5) is 0 Å². The number of nitrogens with zero attached hydrogens (tertiary/aromatic N) is 2. The monoisotopic (exact) mass is 266 g/mol. The Kier molecular flexibility index (Phi) is 2.94. The van der Waals surface area contributed by atoms with Gasteiger partial charge in [0.2, 0.25) is 0 Å². The van der Waals surface area contributed by atoms with Crippen molar-refractivity contribution in [3.8, 4) is 11.8 Å². The molecule has 0 spiro atoms. The van der Waals surface area contributed by atoms with Crippen molar-refractivity contribution < 1.29 is 4.74 Å². The number of likely N-dealkylation sites (N-methyl/N-ethyl adjacent to an activating group) is 1. The van der Waals surface area contributed by atoms with E-state index in [4.69, 9.17) is 10.00 Å². The maximum absolute atomic E-state index is 8.91. The summed E-state index contributed by atoms with van der Waals surface area (Å²) in [6.07, 6.45) is 0.219. The molecule has 0 saturated carbocycles. The van der Waals surface area contributed by atoms with E-state index in [1.165, 1.54) is 0 Å². The van der Waals surface area contributed by atoms with Gasteiger partial charge in [-0.25, -0.2) is 0 Å². The van der Waals surface area contributed by atoms with Crippen LogP contribution >= 0.6 is 15.9 Å². The van der Waals surface area contributed by atoms with Crippen LogP contribution in [0.5, 0.6) is 5.75 Å². The second-order valence-electron chi connectivity index (χ2n) is 3.71. The Balaban J connectivity index is 2.13. The fourth-order valence-corrected chi connectivity index (χ4v) is 1.92. The molecule has 1 saturated heterocycles. The fraction of sp³-hybridized carbons (Fsp3) is 0.364. The smallest absolute Gasteiger partial charge is 0.138 e. The standard InChI is InChI=1S/C11H11BrN2O/c1-14-6-10(7-14)15-11-4-9(12)3-2-8(11)5-13/h2-4,10H,6-7H2,1H3. The number of benzene rings is 1. The lowest BCUT2D eigenvalue weighted by atomic mass is 10.1. The average Bonchev–Trinajstić information content (AvgIpc) is 2.16. The van der Waals surface area contributed by atoms with Crippen molar-refractivity contribution >= 4 is 15.9 Å². The molecule has 0 atom stereocenters. The molecule has 0 aliphatic carbocycles. The minimum absolute atomic E-state index is 0.219. The van der Waals surface area contributed by atoms with Crippen LogP contribution in [0.3, 0.4) is 0 Å². The van der Waals surface area contributed by atoms with Crippen molar-refractivity contribution in [2.45, 2.75) is 6.10 Å². The molecule has 0 bridgehead atoms. The molecule has 0 N–H and O–H groups in total. The van der Waals surface area contributed by atoms with E-state index in [0.717, 1.165) is 17.6 Å². The van der Waals surface area contributed by atoms with E-state index in [9.17, 15) is 0 Å². The maximum atomic E-state index is 8.91. The van der Waals surface area contributed by atoms with E-state index >= 15 is 0 Å². The summed E-state index contributed by atoms with van der Waals surface area (Å²) in [5.41, 5.74) is 0.591. The van der Waals surface area contributed by atoms with Gasteiger partial charge in [0.05, 0.1) is 5.56 Å². The van der Waals surface area contributed by atoms with Crippen LogP contribution < -0.4 is 4.74 Å². The Morgan fingerprint density at radius 2 is 2.27 bits per heavy atom. The third-order valence-electron chi connectivity index (χ3n) is 2.39. The van der Waals surface area contributed by atoms with E-state index in [-0.39, 0.29) is 6.10 Å². The van der Waals surface area contributed by atoms with Gasteiger partial charge in [0.1, 0.15) is 17.9 Å².